The lowest BCUT2D eigenvalue weighted by molar-refractivity contribution is -0.157. The van der Waals surface area contributed by atoms with Crippen molar-refractivity contribution in [3.8, 4) is 6.07 Å². The second-order valence-corrected chi connectivity index (χ2v) is 8.05. The normalized spacial score (nSPS) is 17.7. The van der Waals surface area contributed by atoms with E-state index in [1.165, 1.54) is 6.92 Å². The van der Waals surface area contributed by atoms with E-state index in [-0.39, 0.29) is 11.8 Å². The van der Waals surface area contributed by atoms with Crippen molar-refractivity contribution in [1.29, 1.82) is 5.26 Å². The van der Waals surface area contributed by atoms with Crippen LogP contribution in [0.2, 0.25) is 0 Å². The van der Waals surface area contributed by atoms with Crippen LogP contribution in [0.4, 0.5) is 0 Å². The van der Waals surface area contributed by atoms with Gasteiger partial charge in [0.2, 0.25) is 5.91 Å². The fourth-order valence-electron chi connectivity index (χ4n) is 3.47. The second kappa shape index (κ2) is 9.08. The molecule has 1 heterocycles. The van der Waals surface area contributed by atoms with Gasteiger partial charge in [0.05, 0.1) is 11.5 Å². The highest BCUT2D eigenvalue weighted by molar-refractivity contribution is 5.87. The molecular weight excluding hydrogens is 370 g/mol. The van der Waals surface area contributed by atoms with E-state index >= 15 is 0 Å². The summed E-state index contributed by atoms with van der Waals surface area (Å²) in [6.45, 7) is 7.27. The fourth-order valence-corrected chi connectivity index (χ4v) is 3.47. The van der Waals surface area contributed by atoms with Crippen molar-refractivity contribution in [3.63, 3.8) is 0 Å². The van der Waals surface area contributed by atoms with Crippen LogP contribution in [0, 0.1) is 17.2 Å². The molecule has 1 aromatic rings. The van der Waals surface area contributed by atoms with Crippen molar-refractivity contribution in [1.82, 2.24) is 10.2 Å². The van der Waals surface area contributed by atoms with Crippen LogP contribution < -0.4 is 5.32 Å². The summed E-state index contributed by atoms with van der Waals surface area (Å²) in [6, 6.07) is 11.4. The van der Waals surface area contributed by atoms with Crippen LogP contribution in [-0.4, -0.2) is 47.9 Å². The number of ether oxygens (including phenoxy) is 1. The van der Waals surface area contributed by atoms with Gasteiger partial charge in [-0.15, -0.1) is 0 Å². The van der Waals surface area contributed by atoms with E-state index in [9.17, 15) is 19.6 Å². The molecule has 2 amide bonds. The highest BCUT2D eigenvalue weighted by Gasteiger charge is 2.45. The van der Waals surface area contributed by atoms with Crippen LogP contribution in [0.15, 0.2) is 30.3 Å². The number of carbonyl (C=O) groups is 3. The molecule has 0 aliphatic carbocycles. The van der Waals surface area contributed by atoms with Crippen LogP contribution in [0.1, 0.15) is 46.1 Å². The monoisotopic (exact) mass is 399 g/mol. The van der Waals surface area contributed by atoms with E-state index in [4.69, 9.17) is 4.74 Å². The molecule has 1 N–H and O–H groups in total. The highest BCUT2D eigenvalue weighted by atomic mass is 16.5. The molecule has 1 fully saturated rings. The maximum absolute atomic E-state index is 13.1. The first-order valence-corrected chi connectivity index (χ1v) is 9.85. The minimum absolute atomic E-state index is 0.0242. The van der Waals surface area contributed by atoms with Gasteiger partial charge in [0, 0.05) is 20.0 Å². The van der Waals surface area contributed by atoms with E-state index in [0.717, 1.165) is 5.56 Å². The fraction of sp³-hybridized carbons (Fsp3) is 0.545. The number of piperidine rings is 1. The van der Waals surface area contributed by atoms with Crippen molar-refractivity contribution in [2.24, 2.45) is 5.92 Å². The summed E-state index contributed by atoms with van der Waals surface area (Å²) in [5.74, 6) is -1.12. The highest BCUT2D eigenvalue weighted by Crippen LogP contribution is 2.37. The number of carbonyl (C=O) groups excluding carboxylic acids is 3. The van der Waals surface area contributed by atoms with Gasteiger partial charge in [-0.2, -0.15) is 5.26 Å². The molecule has 0 spiro atoms. The molecule has 0 radical (unpaired) electrons. The Labute approximate surface area is 172 Å². The Balaban J connectivity index is 2.13. The maximum atomic E-state index is 13.1. The van der Waals surface area contributed by atoms with Gasteiger partial charge in [-0.25, -0.2) is 0 Å². The van der Waals surface area contributed by atoms with Gasteiger partial charge < -0.3 is 15.0 Å². The quantitative estimate of drug-likeness (QED) is 0.739. The van der Waals surface area contributed by atoms with Crippen LogP contribution in [0.5, 0.6) is 0 Å². The first-order valence-electron chi connectivity index (χ1n) is 9.85. The summed E-state index contributed by atoms with van der Waals surface area (Å²) < 4.78 is 5.40. The number of nitrogens with zero attached hydrogens (tertiary/aromatic N) is 2. The summed E-state index contributed by atoms with van der Waals surface area (Å²) >= 11 is 0. The zero-order valence-electron chi connectivity index (χ0n) is 17.5. The SMILES string of the molecule is CC(=O)N1CCC(C(=O)OCC(=O)N[C@@](C)(C#N)C(C)C)(c2ccccc2)CC1. The zero-order valence-corrected chi connectivity index (χ0v) is 17.5. The summed E-state index contributed by atoms with van der Waals surface area (Å²) in [4.78, 5) is 38.8. The third-order valence-corrected chi connectivity index (χ3v) is 5.90. The molecule has 7 heteroatoms. The zero-order chi connectivity index (χ0) is 21.7. The second-order valence-electron chi connectivity index (χ2n) is 8.05. The van der Waals surface area contributed by atoms with Gasteiger partial charge >= 0.3 is 5.97 Å². The van der Waals surface area contributed by atoms with E-state index in [2.05, 4.69) is 11.4 Å². The molecule has 156 valence electrons. The van der Waals surface area contributed by atoms with Gasteiger partial charge in [-0.1, -0.05) is 44.2 Å². The van der Waals surface area contributed by atoms with Crippen LogP contribution in [-0.2, 0) is 24.5 Å². The number of likely N-dealkylation sites (tertiary alicyclic amines) is 1. The first-order chi connectivity index (χ1) is 13.6. The molecule has 0 aromatic heterocycles. The van der Waals surface area contributed by atoms with Gasteiger partial charge in [-0.05, 0) is 31.2 Å². The third kappa shape index (κ3) is 4.94. The van der Waals surface area contributed by atoms with Gasteiger partial charge in [0.15, 0.2) is 6.61 Å². The van der Waals surface area contributed by atoms with E-state index in [0.29, 0.717) is 25.9 Å². The molecule has 29 heavy (non-hydrogen) atoms. The Morgan fingerprint density at radius 1 is 1.24 bits per heavy atom. The predicted molar refractivity (Wildman–Crippen MR) is 108 cm³/mol. The number of amides is 2. The minimum Gasteiger partial charge on any atom is -0.455 e. The predicted octanol–water partition coefficient (Wildman–Crippen LogP) is 2.16. The molecule has 0 bridgehead atoms. The number of hydrogen-bond acceptors (Lipinski definition) is 5. The Bertz CT molecular complexity index is 792. The Morgan fingerprint density at radius 3 is 2.31 bits per heavy atom. The molecule has 2 rings (SSSR count). The number of benzene rings is 1. The molecular formula is C22H29N3O4. The van der Waals surface area contributed by atoms with Crippen molar-refractivity contribution in [2.45, 2.75) is 51.5 Å². The van der Waals surface area contributed by atoms with Gasteiger partial charge in [0.1, 0.15) is 5.54 Å². The number of hydrogen-bond donors (Lipinski definition) is 1. The molecule has 1 aliphatic rings. The Hall–Kier alpha value is -2.88. The van der Waals surface area contributed by atoms with Crippen molar-refractivity contribution >= 4 is 17.8 Å². The minimum atomic E-state index is -1.03. The lowest BCUT2D eigenvalue weighted by atomic mass is 9.72. The number of rotatable bonds is 6. The van der Waals surface area contributed by atoms with Gasteiger partial charge in [0.25, 0.3) is 5.91 Å². The van der Waals surface area contributed by atoms with E-state index < -0.39 is 29.4 Å². The van der Waals surface area contributed by atoms with Gasteiger partial charge in [-0.3, -0.25) is 14.4 Å². The molecule has 1 aromatic carbocycles. The first kappa shape index (κ1) is 22.4. The standard InChI is InChI=1S/C22H29N3O4/c1-16(2)21(4,15-23)24-19(27)14-29-20(28)22(18-8-6-5-7-9-18)10-12-25(13-11-22)17(3)26/h5-9,16H,10-14H2,1-4H3,(H,24,27)/t21-/m0/s1. The maximum Gasteiger partial charge on any atom is 0.317 e. The summed E-state index contributed by atoms with van der Waals surface area (Å²) in [6.07, 6.45) is 0.859. The lowest BCUT2D eigenvalue weighted by Gasteiger charge is -2.40. The Morgan fingerprint density at radius 2 is 1.83 bits per heavy atom. The van der Waals surface area contributed by atoms with Crippen molar-refractivity contribution in [2.75, 3.05) is 19.7 Å². The number of nitriles is 1. The smallest absolute Gasteiger partial charge is 0.317 e. The molecule has 1 atom stereocenters. The number of nitrogens with one attached hydrogen (secondary N) is 1. The third-order valence-electron chi connectivity index (χ3n) is 5.90. The van der Waals surface area contributed by atoms with Crippen molar-refractivity contribution < 1.29 is 19.1 Å². The largest absolute Gasteiger partial charge is 0.455 e. The average Bonchev–Trinajstić information content (AvgIpc) is 2.72. The van der Waals surface area contributed by atoms with E-state index in [1.54, 1.807) is 11.8 Å². The van der Waals surface area contributed by atoms with Crippen LogP contribution in [0.25, 0.3) is 0 Å². The van der Waals surface area contributed by atoms with Crippen LogP contribution >= 0.6 is 0 Å². The summed E-state index contributed by atoms with van der Waals surface area (Å²) in [5.41, 5.74) is -1.12. The molecule has 1 saturated heterocycles. The van der Waals surface area contributed by atoms with Crippen LogP contribution in [0.3, 0.4) is 0 Å². The lowest BCUT2D eigenvalue weighted by Crippen LogP contribution is -2.52. The molecule has 1 aliphatic heterocycles. The molecule has 0 unspecified atom stereocenters. The van der Waals surface area contributed by atoms with E-state index in [1.807, 2.05) is 44.2 Å². The van der Waals surface area contributed by atoms with Crippen molar-refractivity contribution in [3.05, 3.63) is 35.9 Å². The topological polar surface area (TPSA) is 99.5 Å². The molecule has 7 nitrogen and oxygen atoms in total. The summed E-state index contributed by atoms with van der Waals surface area (Å²) in [5, 5.41) is 12.0. The Kier molecular flexibility index (Phi) is 7.02. The molecule has 0 saturated carbocycles. The average molecular weight is 399 g/mol. The number of esters is 1. The summed E-state index contributed by atoms with van der Waals surface area (Å²) in [7, 11) is 0.